The molecule has 1 amide bonds. The van der Waals surface area contributed by atoms with Crippen molar-refractivity contribution in [1.29, 1.82) is 0 Å². The van der Waals surface area contributed by atoms with Crippen molar-refractivity contribution < 1.29 is 13.2 Å². The number of benzene rings is 1. The van der Waals surface area contributed by atoms with Gasteiger partial charge in [0.2, 0.25) is 10.0 Å². The van der Waals surface area contributed by atoms with Crippen LogP contribution in [0.25, 0.3) is 0 Å². The first-order valence-electron chi connectivity index (χ1n) is 10.2. The van der Waals surface area contributed by atoms with Gasteiger partial charge in [0.15, 0.2) is 0 Å². The average molecular weight is 450 g/mol. The molecule has 1 fully saturated rings. The Morgan fingerprint density at radius 2 is 1.53 bits per heavy atom. The number of nitrogens with zero attached hydrogens (tertiary/aromatic N) is 3. The van der Waals surface area contributed by atoms with Gasteiger partial charge >= 0.3 is 0 Å². The van der Waals surface area contributed by atoms with Crippen LogP contribution in [-0.2, 0) is 15.4 Å². The third kappa shape index (κ3) is 4.31. The second-order valence-corrected chi connectivity index (χ2v) is 12.1. The summed E-state index contributed by atoms with van der Waals surface area (Å²) in [6.45, 7) is 15.2. The lowest BCUT2D eigenvalue weighted by molar-refractivity contribution is 0.0701. The van der Waals surface area contributed by atoms with Crippen LogP contribution in [0.2, 0.25) is 0 Å². The Morgan fingerprint density at radius 1 is 1.00 bits per heavy atom. The maximum Gasteiger partial charge on any atom is 0.265 e. The standard InChI is InChI=1S/C22H31N3O3S2/c1-14-12-18(22(5,6)7)13-15(2)20(14)30(27,28)25-10-8-24(9-11-25)21(26)19-16(3)23-17(4)29-19/h12-13H,8-11H2,1-7H3. The van der Waals surface area contributed by atoms with Crippen molar-refractivity contribution in [2.75, 3.05) is 26.2 Å². The lowest BCUT2D eigenvalue weighted by atomic mass is 9.85. The minimum Gasteiger partial charge on any atom is -0.335 e. The molecule has 6 nitrogen and oxygen atoms in total. The second-order valence-electron chi connectivity index (χ2n) is 9.03. The van der Waals surface area contributed by atoms with Crippen LogP contribution in [0, 0.1) is 27.7 Å². The van der Waals surface area contributed by atoms with E-state index in [-0.39, 0.29) is 11.3 Å². The smallest absolute Gasteiger partial charge is 0.265 e. The van der Waals surface area contributed by atoms with Gasteiger partial charge in [-0.05, 0) is 49.8 Å². The van der Waals surface area contributed by atoms with Crippen molar-refractivity contribution >= 4 is 27.3 Å². The van der Waals surface area contributed by atoms with E-state index in [2.05, 4.69) is 25.8 Å². The molecule has 0 unspecified atom stereocenters. The maximum atomic E-state index is 13.4. The molecule has 3 rings (SSSR count). The van der Waals surface area contributed by atoms with Crippen LogP contribution in [0.5, 0.6) is 0 Å². The van der Waals surface area contributed by atoms with Gasteiger partial charge in [-0.3, -0.25) is 4.79 Å². The van der Waals surface area contributed by atoms with Crippen molar-refractivity contribution in [3.63, 3.8) is 0 Å². The molecule has 1 aliphatic rings. The monoisotopic (exact) mass is 449 g/mol. The minimum absolute atomic E-state index is 0.0447. The molecule has 0 bridgehead atoms. The first kappa shape index (κ1) is 22.9. The molecule has 0 N–H and O–H groups in total. The number of sulfonamides is 1. The number of piperazine rings is 1. The van der Waals surface area contributed by atoms with E-state index in [1.165, 1.54) is 15.6 Å². The van der Waals surface area contributed by atoms with E-state index >= 15 is 0 Å². The quantitative estimate of drug-likeness (QED) is 0.714. The molecule has 8 heteroatoms. The fraction of sp³-hybridized carbons (Fsp3) is 0.545. The number of aromatic nitrogens is 1. The van der Waals surface area contributed by atoms with Crippen molar-refractivity contribution in [1.82, 2.24) is 14.2 Å². The lowest BCUT2D eigenvalue weighted by Crippen LogP contribution is -2.50. The zero-order chi connectivity index (χ0) is 22.4. The average Bonchev–Trinajstić information content (AvgIpc) is 2.97. The Kier molecular flexibility index (Phi) is 6.15. The summed E-state index contributed by atoms with van der Waals surface area (Å²) in [5.41, 5.74) is 3.37. The topological polar surface area (TPSA) is 70.6 Å². The van der Waals surface area contributed by atoms with Crippen LogP contribution >= 0.6 is 11.3 Å². The number of carbonyl (C=O) groups excluding carboxylic acids is 1. The largest absolute Gasteiger partial charge is 0.335 e. The second kappa shape index (κ2) is 8.05. The Balaban J connectivity index is 1.80. The van der Waals surface area contributed by atoms with Gasteiger partial charge in [0.1, 0.15) is 4.88 Å². The molecule has 1 aromatic heterocycles. The third-order valence-corrected chi connectivity index (χ3v) is 8.81. The number of rotatable bonds is 3. The van der Waals surface area contributed by atoms with Crippen LogP contribution in [0.1, 0.15) is 57.8 Å². The summed E-state index contributed by atoms with van der Waals surface area (Å²) in [5, 5.41) is 0.863. The van der Waals surface area contributed by atoms with Crippen LogP contribution in [-0.4, -0.2) is 54.7 Å². The van der Waals surface area contributed by atoms with Gasteiger partial charge in [-0.25, -0.2) is 13.4 Å². The Morgan fingerprint density at radius 3 is 1.97 bits per heavy atom. The van der Waals surface area contributed by atoms with E-state index in [4.69, 9.17) is 0 Å². The molecular weight excluding hydrogens is 418 g/mol. The molecule has 2 heterocycles. The molecule has 0 radical (unpaired) electrons. The minimum atomic E-state index is -3.62. The third-order valence-electron chi connectivity index (χ3n) is 5.55. The van der Waals surface area contributed by atoms with E-state index in [0.29, 0.717) is 36.0 Å². The summed E-state index contributed by atoms with van der Waals surface area (Å²) in [5.74, 6) is -0.0583. The Bertz CT molecular complexity index is 1050. The highest BCUT2D eigenvalue weighted by Gasteiger charge is 2.33. The molecule has 2 aromatic rings. The van der Waals surface area contributed by atoms with Gasteiger partial charge in [-0.2, -0.15) is 4.31 Å². The van der Waals surface area contributed by atoms with Crippen LogP contribution in [0.3, 0.4) is 0 Å². The number of thiazole rings is 1. The summed E-state index contributed by atoms with van der Waals surface area (Å²) in [6.07, 6.45) is 0. The van der Waals surface area contributed by atoms with E-state index in [9.17, 15) is 13.2 Å². The van der Waals surface area contributed by atoms with E-state index in [0.717, 1.165) is 27.4 Å². The molecule has 164 valence electrons. The highest BCUT2D eigenvalue weighted by molar-refractivity contribution is 7.89. The Hall–Kier alpha value is -1.77. The van der Waals surface area contributed by atoms with Gasteiger partial charge in [-0.15, -0.1) is 11.3 Å². The normalized spacial score (nSPS) is 16.2. The highest BCUT2D eigenvalue weighted by Crippen LogP contribution is 2.31. The van der Waals surface area contributed by atoms with Crippen molar-refractivity contribution in [3.8, 4) is 0 Å². The molecular formula is C22H31N3O3S2. The molecule has 1 saturated heterocycles. The zero-order valence-electron chi connectivity index (χ0n) is 18.9. The maximum absolute atomic E-state index is 13.4. The molecule has 1 aromatic carbocycles. The fourth-order valence-corrected chi connectivity index (χ4v) is 6.65. The summed E-state index contributed by atoms with van der Waals surface area (Å²) in [4.78, 5) is 19.9. The molecule has 30 heavy (non-hydrogen) atoms. The lowest BCUT2D eigenvalue weighted by Gasteiger charge is -2.34. The molecule has 0 saturated carbocycles. The molecule has 0 aliphatic carbocycles. The molecule has 0 spiro atoms. The van der Waals surface area contributed by atoms with Crippen molar-refractivity contribution in [3.05, 3.63) is 44.4 Å². The van der Waals surface area contributed by atoms with Crippen LogP contribution < -0.4 is 0 Å². The summed E-state index contributed by atoms with van der Waals surface area (Å²) >= 11 is 1.39. The van der Waals surface area contributed by atoms with Gasteiger partial charge < -0.3 is 4.90 Å². The number of hydrogen-bond acceptors (Lipinski definition) is 5. The zero-order valence-corrected chi connectivity index (χ0v) is 20.5. The highest BCUT2D eigenvalue weighted by atomic mass is 32.2. The van der Waals surface area contributed by atoms with Crippen LogP contribution in [0.15, 0.2) is 17.0 Å². The van der Waals surface area contributed by atoms with Crippen molar-refractivity contribution in [2.45, 2.75) is 58.8 Å². The number of aryl methyl sites for hydroxylation is 4. The number of hydrogen-bond donors (Lipinski definition) is 0. The summed E-state index contributed by atoms with van der Waals surface area (Å²) in [7, 11) is -3.62. The summed E-state index contributed by atoms with van der Waals surface area (Å²) < 4.78 is 28.3. The predicted molar refractivity (Wildman–Crippen MR) is 121 cm³/mol. The molecule has 0 atom stereocenters. The first-order valence-corrected chi connectivity index (χ1v) is 12.4. The Labute approximate surface area is 184 Å². The van der Waals surface area contributed by atoms with E-state index < -0.39 is 10.0 Å². The van der Waals surface area contributed by atoms with Crippen LogP contribution in [0.4, 0.5) is 0 Å². The van der Waals surface area contributed by atoms with Gasteiger partial charge in [-0.1, -0.05) is 32.9 Å². The molecule has 1 aliphatic heterocycles. The van der Waals surface area contributed by atoms with E-state index in [1.807, 2.05) is 39.8 Å². The number of amides is 1. The van der Waals surface area contributed by atoms with Gasteiger partial charge in [0.25, 0.3) is 5.91 Å². The van der Waals surface area contributed by atoms with Crippen molar-refractivity contribution in [2.24, 2.45) is 0 Å². The summed E-state index contributed by atoms with van der Waals surface area (Å²) in [6, 6.07) is 3.96. The SMILES string of the molecule is Cc1nc(C)c(C(=O)N2CCN(S(=O)(=O)c3c(C)cc(C(C)(C)C)cc3C)CC2)s1. The van der Waals surface area contributed by atoms with Gasteiger partial charge in [0.05, 0.1) is 15.6 Å². The van der Waals surface area contributed by atoms with Gasteiger partial charge in [0, 0.05) is 26.2 Å². The van der Waals surface area contributed by atoms with E-state index in [1.54, 1.807) is 4.90 Å². The fourth-order valence-electron chi connectivity index (χ4n) is 3.92. The first-order chi connectivity index (χ1) is 13.8. The number of carbonyl (C=O) groups is 1. The predicted octanol–water partition coefficient (Wildman–Crippen LogP) is 3.82.